The van der Waals surface area contributed by atoms with Crippen LogP contribution in [0.4, 0.5) is 0 Å². The highest BCUT2D eigenvalue weighted by atomic mass is 16.7. The van der Waals surface area contributed by atoms with Gasteiger partial charge in [0, 0.05) is 0 Å². The molecule has 1 aliphatic heterocycles. The zero-order valence-electron chi connectivity index (χ0n) is 3.55. The third-order valence-electron chi connectivity index (χ3n) is 0.664. The summed E-state index contributed by atoms with van der Waals surface area (Å²) in [5, 5.41) is 10.7. The van der Waals surface area contributed by atoms with Crippen LogP contribution >= 0.6 is 0 Å². The van der Waals surface area contributed by atoms with E-state index in [9.17, 15) is 4.79 Å². The van der Waals surface area contributed by atoms with Gasteiger partial charge < -0.3 is 9.84 Å². The first-order valence-corrected chi connectivity index (χ1v) is 1.90. The van der Waals surface area contributed by atoms with E-state index in [4.69, 9.17) is 5.11 Å². The van der Waals surface area contributed by atoms with Gasteiger partial charge in [0.15, 0.2) is 0 Å². The molecule has 1 atom stereocenters. The first-order chi connectivity index (χ1) is 3.29. The minimum absolute atomic E-state index is 0.112. The molecule has 0 bridgehead atoms. The van der Waals surface area contributed by atoms with Crippen molar-refractivity contribution in [2.75, 3.05) is 6.54 Å². The van der Waals surface area contributed by atoms with E-state index in [1.807, 2.05) is 0 Å². The second-order valence-corrected chi connectivity index (χ2v) is 1.22. The van der Waals surface area contributed by atoms with Gasteiger partial charge in [-0.05, 0) is 0 Å². The molecule has 2 N–H and O–H groups in total. The van der Waals surface area contributed by atoms with Crippen LogP contribution in [0.2, 0.25) is 0 Å². The lowest BCUT2D eigenvalue weighted by atomic mass is 10.7. The highest BCUT2D eigenvalue weighted by Crippen LogP contribution is 1.89. The Bertz CT molecular complexity index is 92.2. The maximum atomic E-state index is 10.0. The smallest absolute Gasteiger partial charge is 0.323 e. The Balaban J connectivity index is 2.40. The summed E-state index contributed by atoms with van der Waals surface area (Å²) in [6, 6.07) is 0. The van der Waals surface area contributed by atoms with E-state index in [0.29, 0.717) is 0 Å². The Morgan fingerprint density at radius 1 is 2.00 bits per heavy atom. The van der Waals surface area contributed by atoms with Crippen molar-refractivity contribution in [3.8, 4) is 0 Å². The predicted molar refractivity (Wildman–Crippen MR) is 20.1 cm³/mol. The summed E-state index contributed by atoms with van der Waals surface area (Å²) in [7, 11) is 0. The maximum Gasteiger partial charge on any atom is 0.323 e. The Hall–Kier alpha value is -0.610. The summed E-state index contributed by atoms with van der Waals surface area (Å²) in [6.45, 7) is 0.112. The fourth-order valence-corrected chi connectivity index (χ4v) is 0.378. The number of carbonyl (C=O) groups is 1. The molecule has 7 heavy (non-hydrogen) atoms. The second kappa shape index (κ2) is 1.48. The van der Waals surface area contributed by atoms with Crippen LogP contribution in [0, 0.1) is 0 Å². The third-order valence-corrected chi connectivity index (χ3v) is 0.664. The molecule has 1 aliphatic rings. The van der Waals surface area contributed by atoms with Gasteiger partial charge in [-0.25, -0.2) is 5.32 Å². The number of nitrogens with one attached hydrogen (secondary N) is 1. The summed E-state index contributed by atoms with van der Waals surface area (Å²) < 4.78 is 4.17. The summed E-state index contributed by atoms with van der Waals surface area (Å²) >= 11 is 0. The molecule has 0 aromatic rings. The lowest BCUT2D eigenvalue weighted by Gasteiger charge is -1.95. The van der Waals surface area contributed by atoms with Crippen LogP contribution in [0.3, 0.4) is 0 Å². The van der Waals surface area contributed by atoms with E-state index in [0.717, 1.165) is 0 Å². The number of aliphatic hydroxyl groups excluding tert-OH is 1. The average Bonchev–Trinajstić information content (AvgIpc) is 1.87. The minimum Gasteiger partial charge on any atom is -0.421 e. The average molecular weight is 103 g/mol. The molecular weight excluding hydrogens is 98.0 g/mol. The van der Waals surface area contributed by atoms with Crippen molar-refractivity contribution in [3.05, 3.63) is 0 Å². The van der Waals surface area contributed by atoms with E-state index in [-0.39, 0.29) is 6.54 Å². The number of esters is 1. The van der Waals surface area contributed by atoms with Crippen molar-refractivity contribution in [1.29, 1.82) is 0 Å². The van der Waals surface area contributed by atoms with Crippen LogP contribution in [0.25, 0.3) is 0 Å². The van der Waals surface area contributed by atoms with Crippen molar-refractivity contribution in [1.82, 2.24) is 5.32 Å². The van der Waals surface area contributed by atoms with Crippen molar-refractivity contribution in [2.45, 2.75) is 6.41 Å². The highest BCUT2D eigenvalue weighted by Gasteiger charge is 2.18. The molecule has 1 rings (SSSR count). The molecule has 40 valence electrons. The van der Waals surface area contributed by atoms with Gasteiger partial charge in [0.05, 0.1) is 6.54 Å². The molecule has 4 nitrogen and oxygen atoms in total. The van der Waals surface area contributed by atoms with Crippen LogP contribution in [0.5, 0.6) is 0 Å². The molecule has 0 radical (unpaired) electrons. The number of cyclic esters (lactones) is 1. The number of ether oxygens (including phenoxy) is 1. The Kier molecular flexibility index (Phi) is 0.958. The zero-order chi connectivity index (χ0) is 5.28. The van der Waals surface area contributed by atoms with Crippen LogP contribution in [0.1, 0.15) is 0 Å². The van der Waals surface area contributed by atoms with Gasteiger partial charge >= 0.3 is 5.97 Å². The summed E-state index contributed by atoms with van der Waals surface area (Å²) in [4.78, 5) is 10.0. The van der Waals surface area contributed by atoms with Gasteiger partial charge in [-0.1, -0.05) is 0 Å². The van der Waals surface area contributed by atoms with Gasteiger partial charge in [0.1, 0.15) is 0 Å². The molecule has 0 aromatic heterocycles. The molecule has 0 spiro atoms. The molecule has 1 saturated heterocycles. The minimum atomic E-state index is -1.08. The number of rotatable bonds is 0. The molecule has 1 unspecified atom stereocenters. The summed E-state index contributed by atoms with van der Waals surface area (Å²) in [5.74, 6) is -0.410. The number of carbonyl (C=O) groups excluding carboxylic acids is 1. The maximum absolute atomic E-state index is 10.0. The predicted octanol–water partition coefficient (Wildman–Crippen LogP) is -1.59. The lowest BCUT2D eigenvalue weighted by Crippen LogP contribution is -2.20. The van der Waals surface area contributed by atoms with Crippen LogP contribution in [0.15, 0.2) is 0 Å². The topological polar surface area (TPSA) is 58.6 Å². The first kappa shape index (κ1) is 4.55. The third kappa shape index (κ3) is 0.880. The fraction of sp³-hybridized carbons (Fsp3) is 0.667. The van der Waals surface area contributed by atoms with Gasteiger partial charge in [-0.15, -0.1) is 0 Å². The molecule has 0 amide bonds. The van der Waals surface area contributed by atoms with E-state index < -0.39 is 12.4 Å². The fourth-order valence-electron chi connectivity index (χ4n) is 0.378. The Morgan fingerprint density at radius 3 is 2.86 bits per heavy atom. The zero-order valence-corrected chi connectivity index (χ0v) is 3.55. The second-order valence-electron chi connectivity index (χ2n) is 1.22. The summed E-state index contributed by atoms with van der Waals surface area (Å²) in [5.41, 5.74) is 0. The van der Waals surface area contributed by atoms with Crippen molar-refractivity contribution in [3.63, 3.8) is 0 Å². The van der Waals surface area contributed by atoms with E-state index in [1.165, 1.54) is 0 Å². The number of hydrogen-bond donors (Lipinski definition) is 2. The van der Waals surface area contributed by atoms with Gasteiger partial charge in [0.2, 0.25) is 0 Å². The van der Waals surface area contributed by atoms with Crippen LogP contribution < -0.4 is 5.32 Å². The lowest BCUT2D eigenvalue weighted by molar-refractivity contribution is -0.154. The molecule has 1 heterocycles. The monoisotopic (exact) mass is 103 g/mol. The Morgan fingerprint density at radius 2 is 2.71 bits per heavy atom. The number of aliphatic hydroxyl groups is 1. The van der Waals surface area contributed by atoms with Gasteiger partial charge in [-0.3, -0.25) is 4.79 Å². The Labute approximate surface area is 40.1 Å². The van der Waals surface area contributed by atoms with Crippen molar-refractivity contribution >= 4 is 5.97 Å². The standard InChI is InChI=1S/C3H5NO3/c5-2-1-4-3(6)7-2/h3-4,6H,1H2. The normalized spacial score (nSPS) is 30.4. The van der Waals surface area contributed by atoms with Crippen molar-refractivity contribution in [2.24, 2.45) is 0 Å². The van der Waals surface area contributed by atoms with Gasteiger partial charge in [-0.2, -0.15) is 0 Å². The highest BCUT2D eigenvalue weighted by molar-refractivity contribution is 5.73. The molecule has 4 heteroatoms. The quantitative estimate of drug-likeness (QED) is 0.363. The molecular formula is C3H5NO3. The number of hydrogen-bond acceptors (Lipinski definition) is 4. The summed E-state index contributed by atoms with van der Waals surface area (Å²) in [6.07, 6.45) is -1.08. The van der Waals surface area contributed by atoms with E-state index in [1.54, 1.807) is 0 Å². The van der Waals surface area contributed by atoms with Crippen LogP contribution in [-0.2, 0) is 9.53 Å². The van der Waals surface area contributed by atoms with Gasteiger partial charge in [0.25, 0.3) is 6.41 Å². The SMILES string of the molecule is O=C1CNC(O)O1. The van der Waals surface area contributed by atoms with Crippen LogP contribution in [-0.4, -0.2) is 24.0 Å². The largest absolute Gasteiger partial charge is 0.421 e. The van der Waals surface area contributed by atoms with E-state index in [2.05, 4.69) is 10.1 Å². The first-order valence-electron chi connectivity index (χ1n) is 1.90. The molecule has 0 aliphatic carbocycles. The van der Waals surface area contributed by atoms with Crippen molar-refractivity contribution < 1.29 is 14.6 Å². The molecule has 1 fully saturated rings. The molecule has 0 aromatic carbocycles. The van der Waals surface area contributed by atoms with E-state index >= 15 is 0 Å². The molecule has 0 saturated carbocycles.